The molecule has 0 spiro atoms. The number of hydrogen-bond acceptors (Lipinski definition) is 4. The summed E-state index contributed by atoms with van der Waals surface area (Å²) in [5.41, 5.74) is 2.65. The quantitative estimate of drug-likeness (QED) is 0.762. The lowest BCUT2D eigenvalue weighted by atomic mass is 9.98. The molecule has 1 atom stereocenters. The van der Waals surface area contributed by atoms with Crippen LogP contribution in [0.3, 0.4) is 0 Å². The molecule has 0 radical (unpaired) electrons. The number of nitrogens with zero attached hydrogens (tertiary/aromatic N) is 3. The van der Waals surface area contributed by atoms with Crippen molar-refractivity contribution in [1.29, 1.82) is 0 Å². The van der Waals surface area contributed by atoms with Gasteiger partial charge in [0.05, 0.1) is 18.9 Å². The van der Waals surface area contributed by atoms with Gasteiger partial charge in [-0.3, -0.25) is 4.79 Å². The Hall–Kier alpha value is -3.06. The lowest BCUT2D eigenvalue weighted by molar-refractivity contribution is -0.133. The van der Waals surface area contributed by atoms with E-state index in [1.807, 2.05) is 43.3 Å². The van der Waals surface area contributed by atoms with Gasteiger partial charge in [0, 0.05) is 25.0 Å². The fraction of sp³-hybridized carbons (Fsp3) is 0.318. The van der Waals surface area contributed by atoms with Crippen LogP contribution in [-0.4, -0.2) is 54.8 Å². The average Bonchev–Trinajstić information content (AvgIpc) is 3.20. The van der Waals surface area contributed by atoms with Gasteiger partial charge < -0.3 is 15.0 Å². The fourth-order valence-electron chi connectivity index (χ4n) is 3.28. The molecule has 3 rings (SSSR count). The number of hydrogen-bond donors (Lipinski definition) is 1. The van der Waals surface area contributed by atoms with Crippen LogP contribution >= 0.6 is 11.6 Å². The molecule has 0 fully saturated rings. The fourth-order valence-corrected chi connectivity index (χ4v) is 3.40. The largest absolute Gasteiger partial charge is 0.497 e. The molecule has 1 heterocycles. The van der Waals surface area contributed by atoms with Crippen molar-refractivity contribution in [3.8, 4) is 5.75 Å². The number of carbonyl (C=O) groups excluding carboxylic acids is 2. The van der Waals surface area contributed by atoms with Crippen LogP contribution in [0.4, 0.5) is 4.79 Å². The number of methoxy groups -OCH3 is 1. The highest BCUT2D eigenvalue weighted by Crippen LogP contribution is 2.33. The summed E-state index contributed by atoms with van der Waals surface area (Å²) < 4.78 is 5.22. The van der Waals surface area contributed by atoms with Gasteiger partial charge in [0.25, 0.3) is 5.91 Å². The van der Waals surface area contributed by atoms with E-state index in [0.717, 1.165) is 22.6 Å². The topological polar surface area (TPSA) is 74.2 Å². The third-order valence-corrected chi connectivity index (χ3v) is 5.14. The van der Waals surface area contributed by atoms with Gasteiger partial charge in [-0.2, -0.15) is 5.10 Å². The zero-order valence-corrected chi connectivity index (χ0v) is 18.0. The predicted molar refractivity (Wildman–Crippen MR) is 117 cm³/mol. The zero-order chi connectivity index (χ0) is 21.7. The van der Waals surface area contributed by atoms with Gasteiger partial charge >= 0.3 is 6.03 Å². The SMILES string of the molecule is CCNC(=O)N(C)CC(=O)N1N=C(c2ccc(OC)cc2)C[C@@H]1c1ccc(Cl)cc1. The van der Waals surface area contributed by atoms with Crippen LogP contribution < -0.4 is 10.1 Å². The van der Waals surface area contributed by atoms with Crippen LogP contribution in [0.25, 0.3) is 0 Å². The molecule has 30 heavy (non-hydrogen) atoms. The molecule has 8 heteroatoms. The van der Waals surface area contributed by atoms with E-state index in [0.29, 0.717) is 18.0 Å². The van der Waals surface area contributed by atoms with Crippen molar-refractivity contribution in [2.24, 2.45) is 5.10 Å². The molecule has 1 aliphatic heterocycles. The first-order chi connectivity index (χ1) is 14.4. The van der Waals surface area contributed by atoms with Crippen LogP contribution in [0.15, 0.2) is 53.6 Å². The Labute approximate surface area is 181 Å². The van der Waals surface area contributed by atoms with E-state index in [9.17, 15) is 9.59 Å². The van der Waals surface area contributed by atoms with Gasteiger partial charge in [-0.25, -0.2) is 9.80 Å². The maximum Gasteiger partial charge on any atom is 0.317 e. The average molecular weight is 429 g/mol. The van der Waals surface area contributed by atoms with Crippen LogP contribution in [0.1, 0.15) is 30.5 Å². The maximum absolute atomic E-state index is 13.0. The molecule has 0 bridgehead atoms. The van der Waals surface area contributed by atoms with E-state index < -0.39 is 0 Å². The molecule has 0 saturated heterocycles. The molecule has 3 amide bonds. The van der Waals surface area contributed by atoms with Gasteiger partial charge in [-0.15, -0.1) is 0 Å². The zero-order valence-electron chi connectivity index (χ0n) is 17.3. The lowest BCUT2D eigenvalue weighted by Gasteiger charge is -2.25. The van der Waals surface area contributed by atoms with Crippen molar-refractivity contribution in [1.82, 2.24) is 15.2 Å². The van der Waals surface area contributed by atoms with Crippen molar-refractivity contribution in [3.63, 3.8) is 0 Å². The minimum Gasteiger partial charge on any atom is -0.497 e. The van der Waals surface area contributed by atoms with Crippen LogP contribution in [-0.2, 0) is 4.79 Å². The summed E-state index contributed by atoms with van der Waals surface area (Å²) in [7, 11) is 3.20. The summed E-state index contributed by atoms with van der Waals surface area (Å²) in [6, 6.07) is 14.4. The first kappa shape index (κ1) is 21.6. The van der Waals surface area contributed by atoms with Crippen molar-refractivity contribution in [2.75, 3.05) is 27.2 Å². The Morgan fingerprint density at radius 2 is 1.87 bits per heavy atom. The molecule has 158 valence electrons. The second kappa shape index (κ2) is 9.63. The van der Waals surface area contributed by atoms with E-state index in [1.54, 1.807) is 26.3 Å². The summed E-state index contributed by atoms with van der Waals surface area (Å²) in [4.78, 5) is 26.4. The van der Waals surface area contributed by atoms with E-state index in [2.05, 4.69) is 10.4 Å². The highest BCUT2D eigenvalue weighted by molar-refractivity contribution is 6.30. The van der Waals surface area contributed by atoms with E-state index >= 15 is 0 Å². The molecule has 0 unspecified atom stereocenters. The van der Waals surface area contributed by atoms with Crippen LogP contribution in [0, 0.1) is 0 Å². The first-order valence-corrected chi connectivity index (χ1v) is 10.1. The summed E-state index contributed by atoms with van der Waals surface area (Å²) >= 11 is 6.03. The highest BCUT2D eigenvalue weighted by atomic mass is 35.5. The molecule has 2 aromatic rings. The van der Waals surface area contributed by atoms with Crippen LogP contribution in [0.5, 0.6) is 5.75 Å². The number of carbonyl (C=O) groups is 2. The minimum atomic E-state index is -0.299. The molecule has 1 N–H and O–H groups in total. The molecule has 0 aromatic heterocycles. The van der Waals surface area contributed by atoms with Gasteiger partial charge in [0.15, 0.2) is 0 Å². The molecular weight excluding hydrogens is 404 g/mol. The summed E-state index contributed by atoms with van der Waals surface area (Å²) in [5.74, 6) is 0.496. The number of halogens is 1. The van der Waals surface area contributed by atoms with E-state index in [-0.39, 0.29) is 24.5 Å². The van der Waals surface area contributed by atoms with Crippen LogP contribution in [0.2, 0.25) is 5.02 Å². The molecule has 7 nitrogen and oxygen atoms in total. The van der Waals surface area contributed by atoms with E-state index in [1.165, 1.54) is 9.91 Å². The smallest absolute Gasteiger partial charge is 0.317 e. The predicted octanol–water partition coefficient (Wildman–Crippen LogP) is 3.69. The van der Waals surface area contributed by atoms with Gasteiger partial charge in [-0.1, -0.05) is 23.7 Å². The summed E-state index contributed by atoms with van der Waals surface area (Å²) in [6.45, 7) is 2.25. The van der Waals surface area contributed by atoms with Crippen molar-refractivity contribution in [3.05, 3.63) is 64.7 Å². The van der Waals surface area contributed by atoms with E-state index in [4.69, 9.17) is 16.3 Å². The van der Waals surface area contributed by atoms with Crippen molar-refractivity contribution < 1.29 is 14.3 Å². The Bertz CT molecular complexity index is 928. The van der Waals surface area contributed by atoms with Crippen molar-refractivity contribution in [2.45, 2.75) is 19.4 Å². The van der Waals surface area contributed by atoms with Gasteiger partial charge in [0.1, 0.15) is 12.3 Å². The highest BCUT2D eigenvalue weighted by Gasteiger charge is 2.33. The monoisotopic (exact) mass is 428 g/mol. The number of likely N-dealkylation sites (N-methyl/N-ethyl adjacent to an activating group) is 1. The molecule has 1 aliphatic rings. The molecule has 0 saturated carbocycles. The Balaban J connectivity index is 1.86. The molecule has 0 aliphatic carbocycles. The number of ether oxygens (including phenoxy) is 1. The molecular formula is C22H25ClN4O3. The third-order valence-electron chi connectivity index (χ3n) is 4.89. The standard InChI is InChI=1S/C22H25ClN4O3/c1-4-24-22(29)26(2)14-21(28)27-20(16-5-9-17(23)10-6-16)13-19(25-27)15-7-11-18(30-3)12-8-15/h5-12,20H,4,13-14H2,1-3H3,(H,24,29)/t20-/m1/s1. The minimum absolute atomic E-state index is 0.0741. The Morgan fingerprint density at radius 1 is 1.20 bits per heavy atom. The number of amides is 3. The number of benzene rings is 2. The maximum atomic E-state index is 13.0. The summed E-state index contributed by atoms with van der Waals surface area (Å²) in [6.07, 6.45) is 0.560. The summed E-state index contributed by atoms with van der Waals surface area (Å²) in [5, 5.41) is 9.41. The molecule has 2 aromatic carbocycles. The van der Waals surface area contributed by atoms with Gasteiger partial charge in [0.2, 0.25) is 0 Å². The second-order valence-corrected chi connectivity index (χ2v) is 7.41. The third kappa shape index (κ3) is 4.91. The number of nitrogens with one attached hydrogen (secondary N) is 1. The normalized spacial score (nSPS) is 15.5. The Kier molecular flexibility index (Phi) is 6.95. The number of hydrazone groups is 1. The number of urea groups is 1. The number of rotatable bonds is 6. The Morgan fingerprint density at radius 3 is 2.47 bits per heavy atom. The second-order valence-electron chi connectivity index (χ2n) is 6.98. The lowest BCUT2D eigenvalue weighted by Crippen LogP contribution is -2.43. The first-order valence-electron chi connectivity index (χ1n) is 9.71. The van der Waals surface area contributed by atoms with Gasteiger partial charge in [-0.05, 0) is 54.4 Å². The van der Waals surface area contributed by atoms with Crippen molar-refractivity contribution >= 4 is 29.3 Å².